The van der Waals surface area contributed by atoms with Gasteiger partial charge >= 0.3 is 118 Å². The molecule has 0 unspecified atom stereocenters. The first-order chi connectivity index (χ1) is 9.29. The SMILES string of the molecule is CCCc1ccc(-n2[se]c3ccccc3c2=O)cc1. The van der Waals surface area contributed by atoms with Gasteiger partial charge in [0, 0.05) is 0 Å². The minimum absolute atomic E-state index is 0.0694. The van der Waals surface area contributed by atoms with E-state index < -0.39 is 0 Å². The number of aromatic nitrogens is 1. The standard InChI is InChI=1S/C16H15NOSe/c1-2-5-12-8-10-13(11-9-12)17-16(18)14-6-3-4-7-15(14)19-17/h3-4,6-11H,2,5H2,1H3. The molecule has 0 amide bonds. The van der Waals surface area contributed by atoms with Crippen LogP contribution in [-0.4, -0.2) is 18.3 Å². The van der Waals surface area contributed by atoms with Crippen LogP contribution in [0.15, 0.2) is 53.3 Å². The number of hydrogen-bond donors (Lipinski definition) is 0. The first-order valence-electron chi connectivity index (χ1n) is 6.50. The summed E-state index contributed by atoms with van der Waals surface area (Å²) in [7, 11) is 0. The quantitative estimate of drug-likeness (QED) is 0.681. The average Bonchev–Trinajstić information content (AvgIpc) is 2.78. The molecule has 0 spiro atoms. The van der Waals surface area contributed by atoms with Gasteiger partial charge in [-0.05, 0) is 0 Å². The molecule has 0 aliphatic rings. The third-order valence-corrected chi connectivity index (χ3v) is 5.53. The van der Waals surface area contributed by atoms with Crippen molar-refractivity contribution in [2.45, 2.75) is 19.8 Å². The maximum absolute atomic E-state index is 12.3. The number of benzene rings is 2. The fourth-order valence-electron chi connectivity index (χ4n) is 2.23. The fourth-order valence-corrected chi connectivity index (χ4v) is 4.32. The molecule has 0 saturated carbocycles. The summed E-state index contributed by atoms with van der Waals surface area (Å²) in [5.74, 6) is 0. The van der Waals surface area contributed by atoms with Crippen molar-refractivity contribution in [1.82, 2.24) is 3.56 Å². The Labute approximate surface area is 118 Å². The third-order valence-electron chi connectivity index (χ3n) is 3.20. The molecule has 0 atom stereocenters. The Kier molecular flexibility index (Phi) is 3.41. The number of nitrogens with zero attached hydrogens (tertiary/aromatic N) is 1. The predicted octanol–water partition coefficient (Wildman–Crippen LogP) is 3.00. The van der Waals surface area contributed by atoms with Gasteiger partial charge in [0.15, 0.2) is 0 Å². The molecule has 19 heavy (non-hydrogen) atoms. The van der Waals surface area contributed by atoms with Crippen molar-refractivity contribution in [3.63, 3.8) is 0 Å². The van der Waals surface area contributed by atoms with E-state index in [2.05, 4.69) is 37.3 Å². The monoisotopic (exact) mass is 317 g/mol. The average molecular weight is 316 g/mol. The van der Waals surface area contributed by atoms with Gasteiger partial charge in [-0.3, -0.25) is 0 Å². The Bertz CT molecular complexity index is 752. The number of hydrogen-bond acceptors (Lipinski definition) is 1. The molecule has 0 bridgehead atoms. The molecule has 1 heterocycles. The van der Waals surface area contributed by atoms with Crippen LogP contribution >= 0.6 is 0 Å². The van der Waals surface area contributed by atoms with Crippen LogP contribution in [-0.2, 0) is 6.42 Å². The van der Waals surface area contributed by atoms with Gasteiger partial charge in [-0.1, -0.05) is 0 Å². The Hall–Kier alpha value is -1.57. The molecular weight excluding hydrogens is 301 g/mol. The number of aryl methyl sites for hydroxylation is 1. The summed E-state index contributed by atoms with van der Waals surface area (Å²) in [5.41, 5.74) is 2.49. The van der Waals surface area contributed by atoms with Crippen molar-refractivity contribution in [2.24, 2.45) is 0 Å². The molecule has 3 rings (SSSR count). The van der Waals surface area contributed by atoms with Gasteiger partial charge in [0.2, 0.25) is 0 Å². The summed E-state index contributed by atoms with van der Waals surface area (Å²) >= 11 is 0.0694. The Balaban J connectivity index is 2.09. The molecule has 3 aromatic rings. The van der Waals surface area contributed by atoms with E-state index in [1.54, 1.807) is 0 Å². The van der Waals surface area contributed by atoms with Crippen LogP contribution in [0.2, 0.25) is 0 Å². The Morgan fingerprint density at radius 2 is 1.79 bits per heavy atom. The van der Waals surface area contributed by atoms with Crippen molar-refractivity contribution in [3.8, 4) is 5.69 Å². The van der Waals surface area contributed by atoms with Gasteiger partial charge in [-0.25, -0.2) is 0 Å². The first kappa shape index (κ1) is 12.5. The molecule has 2 nitrogen and oxygen atoms in total. The van der Waals surface area contributed by atoms with Crippen LogP contribution in [0.1, 0.15) is 18.9 Å². The van der Waals surface area contributed by atoms with Crippen molar-refractivity contribution < 1.29 is 0 Å². The Morgan fingerprint density at radius 3 is 2.47 bits per heavy atom. The summed E-state index contributed by atoms with van der Waals surface area (Å²) in [6.07, 6.45) is 2.25. The predicted molar refractivity (Wildman–Crippen MR) is 80.5 cm³/mol. The number of fused-ring (bicyclic) bond motifs is 1. The van der Waals surface area contributed by atoms with Gasteiger partial charge in [0.1, 0.15) is 0 Å². The van der Waals surface area contributed by atoms with Gasteiger partial charge in [0.25, 0.3) is 0 Å². The van der Waals surface area contributed by atoms with E-state index in [0.717, 1.165) is 23.9 Å². The maximum atomic E-state index is 12.3. The van der Waals surface area contributed by atoms with Crippen molar-refractivity contribution in [1.29, 1.82) is 0 Å². The second kappa shape index (κ2) is 5.20. The fraction of sp³-hybridized carbons (Fsp3) is 0.188. The second-order valence-electron chi connectivity index (χ2n) is 4.60. The van der Waals surface area contributed by atoms with E-state index in [4.69, 9.17) is 0 Å². The topological polar surface area (TPSA) is 22.0 Å². The van der Waals surface area contributed by atoms with Crippen LogP contribution in [0, 0.1) is 0 Å². The molecule has 1 aromatic heterocycles. The van der Waals surface area contributed by atoms with Crippen LogP contribution in [0.4, 0.5) is 0 Å². The van der Waals surface area contributed by atoms with Gasteiger partial charge < -0.3 is 0 Å². The molecule has 0 saturated heterocycles. The van der Waals surface area contributed by atoms with Gasteiger partial charge in [-0.2, -0.15) is 0 Å². The summed E-state index contributed by atoms with van der Waals surface area (Å²) in [4.78, 5) is 12.3. The molecule has 0 fully saturated rings. The molecule has 0 aliphatic carbocycles. The van der Waals surface area contributed by atoms with Crippen LogP contribution in [0.3, 0.4) is 0 Å². The minimum atomic E-state index is 0.0694. The van der Waals surface area contributed by atoms with Gasteiger partial charge in [-0.15, -0.1) is 0 Å². The first-order valence-corrected chi connectivity index (χ1v) is 8.12. The summed E-state index contributed by atoms with van der Waals surface area (Å²) in [6.45, 7) is 2.18. The van der Waals surface area contributed by atoms with E-state index in [1.165, 1.54) is 9.82 Å². The number of rotatable bonds is 3. The van der Waals surface area contributed by atoms with Gasteiger partial charge in [0.05, 0.1) is 0 Å². The van der Waals surface area contributed by atoms with Crippen molar-refractivity contribution in [3.05, 3.63) is 64.4 Å². The molecule has 2 aromatic carbocycles. The third kappa shape index (κ3) is 2.32. The molecular formula is C16H15NOSe. The zero-order valence-electron chi connectivity index (χ0n) is 10.8. The van der Waals surface area contributed by atoms with E-state index in [1.807, 2.05) is 21.8 Å². The van der Waals surface area contributed by atoms with E-state index in [9.17, 15) is 4.79 Å². The van der Waals surface area contributed by atoms with Crippen molar-refractivity contribution >= 4 is 24.4 Å². The van der Waals surface area contributed by atoms with E-state index in [-0.39, 0.29) is 20.3 Å². The molecule has 96 valence electrons. The summed E-state index contributed by atoms with van der Waals surface area (Å²) in [5, 5.41) is 0.861. The van der Waals surface area contributed by atoms with E-state index in [0.29, 0.717) is 0 Å². The summed E-state index contributed by atoms with van der Waals surface area (Å²) < 4.78 is 3.09. The second-order valence-corrected chi connectivity index (χ2v) is 6.68. The zero-order chi connectivity index (χ0) is 13.2. The van der Waals surface area contributed by atoms with Crippen LogP contribution in [0.25, 0.3) is 15.3 Å². The molecule has 0 aliphatic heterocycles. The molecule has 0 N–H and O–H groups in total. The normalized spacial score (nSPS) is 11.0. The van der Waals surface area contributed by atoms with E-state index >= 15 is 0 Å². The Morgan fingerprint density at radius 1 is 1.05 bits per heavy atom. The van der Waals surface area contributed by atoms with Crippen LogP contribution in [0.5, 0.6) is 0 Å². The van der Waals surface area contributed by atoms with Crippen LogP contribution < -0.4 is 5.56 Å². The van der Waals surface area contributed by atoms with Crippen molar-refractivity contribution in [2.75, 3.05) is 0 Å². The summed E-state index contributed by atoms with van der Waals surface area (Å²) in [6, 6.07) is 16.3. The zero-order valence-corrected chi connectivity index (χ0v) is 12.5. The molecule has 0 radical (unpaired) electrons. The molecule has 3 heteroatoms.